The summed E-state index contributed by atoms with van der Waals surface area (Å²) in [5, 5.41) is 1.27. The molecule has 0 N–H and O–H groups in total. The van der Waals surface area contributed by atoms with Crippen LogP contribution in [0.25, 0.3) is 0 Å². The Morgan fingerprint density at radius 1 is 1.16 bits per heavy atom. The lowest BCUT2D eigenvalue weighted by Gasteiger charge is -2.24. The first-order valence-corrected chi connectivity index (χ1v) is 11.3. The second kappa shape index (κ2) is 6.03. The molecule has 0 saturated carbocycles. The summed E-state index contributed by atoms with van der Waals surface area (Å²) in [6.07, 6.45) is 1.67. The summed E-state index contributed by atoms with van der Waals surface area (Å²) in [4.78, 5) is 0.319. The first-order chi connectivity index (χ1) is 8.66. The van der Waals surface area contributed by atoms with E-state index in [9.17, 15) is 8.42 Å². The van der Waals surface area contributed by atoms with Crippen molar-refractivity contribution in [3.05, 3.63) is 41.3 Å². The molecule has 0 fully saturated rings. The fraction of sp³-hybridized carbons (Fsp3) is 0.429. The van der Waals surface area contributed by atoms with Gasteiger partial charge in [-0.05, 0) is 25.1 Å². The number of hydrogen-bond donors (Lipinski definition) is 0. The lowest BCUT2D eigenvalue weighted by molar-refractivity contribution is 0.193. The standard InChI is InChI=1S/C14H22O3SSi/c1-12-6-8-13(9-7-12)18(15,16)11-10-14(17-2)19(3,4)5/h6-11,14H,1-5H3/b11-10+. The number of rotatable bonds is 5. The molecule has 3 nitrogen and oxygen atoms in total. The summed E-state index contributed by atoms with van der Waals surface area (Å²) in [6.45, 7) is 8.36. The monoisotopic (exact) mass is 298 g/mol. The van der Waals surface area contributed by atoms with Crippen molar-refractivity contribution >= 4 is 17.9 Å². The van der Waals surface area contributed by atoms with Gasteiger partial charge in [0.2, 0.25) is 0 Å². The Morgan fingerprint density at radius 3 is 2.11 bits per heavy atom. The summed E-state index contributed by atoms with van der Waals surface area (Å²) < 4.78 is 29.7. The van der Waals surface area contributed by atoms with Crippen LogP contribution in [0.3, 0.4) is 0 Å². The number of hydrogen-bond acceptors (Lipinski definition) is 3. The van der Waals surface area contributed by atoms with Crippen LogP contribution in [0.2, 0.25) is 19.6 Å². The van der Waals surface area contributed by atoms with Crippen molar-refractivity contribution in [2.45, 2.75) is 37.2 Å². The van der Waals surface area contributed by atoms with Gasteiger partial charge in [-0.3, -0.25) is 0 Å². The van der Waals surface area contributed by atoms with Gasteiger partial charge in [0.05, 0.1) is 18.7 Å². The Hall–Kier alpha value is -0.913. The molecular formula is C14H22O3SSi. The Kier molecular flexibility index (Phi) is 5.12. The van der Waals surface area contributed by atoms with E-state index in [1.54, 1.807) is 37.5 Å². The molecular weight excluding hydrogens is 276 g/mol. The van der Waals surface area contributed by atoms with Gasteiger partial charge >= 0.3 is 0 Å². The number of sulfone groups is 1. The zero-order valence-electron chi connectivity index (χ0n) is 12.2. The first-order valence-electron chi connectivity index (χ1n) is 6.19. The van der Waals surface area contributed by atoms with E-state index < -0.39 is 17.9 Å². The second-order valence-electron chi connectivity index (χ2n) is 5.71. The highest BCUT2D eigenvalue weighted by Crippen LogP contribution is 2.17. The van der Waals surface area contributed by atoms with Crippen molar-refractivity contribution in [3.63, 3.8) is 0 Å². The molecule has 0 spiro atoms. The van der Waals surface area contributed by atoms with E-state index in [0.29, 0.717) is 4.90 Å². The van der Waals surface area contributed by atoms with Crippen LogP contribution in [0.4, 0.5) is 0 Å². The number of ether oxygens (including phenoxy) is 1. The van der Waals surface area contributed by atoms with Crippen LogP contribution < -0.4 is 0 Å². The molecule has 19 heavy (non-hydrogen) atoms. The molecule has 5 heteroatoms. The highest BCUT2D eigenvalue weighted by Gasteiger charge is 2.25. The quantitative estimate of drug-likeness (QED) is 0.784. The fourth-order valence-corrected chi connectivity index (χ4v) is 4.24. The van der Waals surface area contributed by atoms with E-state index in [0.717, 1.165) is 5.56 Å². The van der Waals surface area contributed by atoms with Crippen molar-refractivity contribution in [2.24, 2.45) is 0 Å². The van der Waals surface area contributed by atoms with Crippen LogP contribution >= 0.6 is 0 Å². The van der Waals surface area contributed by atoms with Gasteiger partial charge in [0.1, 0.15) is 0 Å². The SMILES string of the molecule is COC(/C=C/S(=O)(=O)c1ccc(C)cc1)[Si](C)(C)C. The van der Waals surface area contributed by atoms with Gasteiger partial charge in [0.25, 0.3) is 0 Å². The average molecular weight is 298 g/mol. The van der Waals surface area contributed by atoms with Crippen LogP contribution in [0.1, 0.15) is 5.56 Å². The zero-order valence-corrected chi connectivity index (χ0v) is 14.0. The summed E-state index contributed by atoms with van der Waals surface area (Å²) >= 11 is 0. The lowest BCUT2D eigenvalue weighted by atomic mass is 10.2. The average Bonchev–Trinajstić information content (AvgIpc) is 2.28. The van der Waals surface area contributed by atoms with E-state index in [4.69, 9.17) is 4.74 Å². The van der Waals surface area contributed by atoms with E-state index in [1.807, 2.05) is 6.92 Å². The van der Waals surface area contributed by atoms with E-state index in [2.05, 4.69) is 19.6 Å². The van der Waals surface area contributed by atoms with Gasteiger partial charge in [0, 0.05) is 12.5 Å². The summed E-state index contributed by atoms with van der Waals surface area (Å²) in [6, 6.07) is 6.86. The fourth-order valence-electron chi connectivity index (χ4n) is 1.70. The van der Waals surface area contributed by atoms with Gasteiger partial charge in [-0.2, -0.15) is 0 Å². The summed E-state index contributed by atoms with van der Waals surface area (Å²) in [5.74, 6) is 0. The minimum Gasteiger partial charge on any atom is -0.381 e. The van der Waals surface area contributed by atoms with Crippen molar-refractivity contribution in [1.82, 2.24) is 0 Å². The molecule has 1 aromatic rings. The Bertz CT molecular complexity index is 539. The molecule has 0 saturated heterocycles. The summed E-state index contributed by atoms with van der Waals surface area (Å²) in [5.41, 5.74) is 0.938. The lowest BCUT2D eigenvalue weighted by Crippen LogP contribution is -2.38. The molecule has 0 aromatic heterocycles. The van der Waals surface area contributed by atoms with Crippen LogP contribution in [0.5, 0.6) is 0 Å². The van der Waals surface area contributed by atoms with Crippen LogP contribution in [0.15, 0.2) is 40.6 Å². The van der Waals surface area contributed by atoms with Crippen molar-refractivity contribution in [2.75, 3.05) is 7.11 Å². The highest BCUT2D eigenvalue weighted by atomic mass is 32.2. The molecule has 0 amide bonds. The molecule has 106 valence electrons. The number of methoxy groups -OCH3 is 1. The minimum atomic E-state index is -3.38. The Morgan fingerprint density at radius 2 is 1.68 bits per heavy atom. The molecule has 1 rings (SSSR count). The van der Waals surface area contributed by atoms with Gasteiger partial charge in [0.15, 0.2) is 9.84 Å². The van der Waals surface area contributed by atoms with Crippen LogP contribution in [0, 0.1) is 6.92 Å². The van der Waals surface area contributed by atoms with Gasteiger partial charge < -0.3 is 4.74 Å². The summed E-state index contributed by atoms with van der Waals surface area (Å²) in [7, 11) is -3.33. The predicted octanol–water partition coefficient (Wildman–Crippen LogP) is 3.17. The molecule has 0 aliphatic rings. The number of benzene rings is 1. The maximum Gasteiger partial charge on any atom is 0.199 e. The molecule has 1 aromatic carbocycles. The van der Waals surface area contributed by atoms with E-state index in [-0.39, 0.29) is 5.73 Å². The molecule has 0 aliphatic carbocycles. The van der Waals surface area contributed by atoms with Gasteiger partial charge in [-0.1, -0.05) is 37.3 Å². The van der Waals surface area contributed by atoms with Crippen molar-refractivity contribution < 1.29 is 13.2 Å². The zero-order chi connectivity index (χ0) is 14.7. The Balaban J connectivity index is 3.00. The highest BCUT2D eigenvalue weighted by molar-refractivity contribution is 7.94. The van der Waals surface area contributed by atoms with Crippen molar-refractivity contribution in [1.29, 1.82) is 0 Å². The predicted molar refractivity (Wildman–Crippen MR) is 81.6 cm³/mol. The topological polar surface area (TPSA) is 43.4 Å². The third-order valence-corrected chi connectivity index (χ3v) is 6.47. The molecule has 1 atom stereocenters. The van der Waals surface area contributed by atoms with Crippen LogP contribution in [-0.4, -0.2) is 29.3 Å². The molecule has 0 heterocycles. The maximum atomic E-state index is 12.2. The maximum absolute atomic E-state index is 12.2. The smallest absolute Gasteiger partial charge is 0.199 e. The molecule has 1 unspecified atom stereocenters. The Labute approximate surface area is 117 Å². The third kappa shape index (κ3) is 4.60. The van der Waals surface area contributed by atoms with Crippen LogP contribution in [-0.2, 0) is 14.6 Å². The van der Waals surface area contributed by atoms with Gasteiger partial charge in [-0.25, -0.2) is 8.42 Å². The molecule has 0 aliphatic heterocycles. The molecule has 0 bridgehead atoms. The number of aryl methyl sites for hydroxylation is 1. The van der Waals surface area contributed by atoms with E-state index >= 15 is 0 Å². The van der Waals surface area contributed by atoms with Crippen molar-refractivity contribution in [3.8, 4) is 0 Å². The first kappa shape index (κ1) is 16.1. The van der Waals surface area contributed by atoms with E-state index in [1.165, 1.54) is 5.41 Å². The largest absolute Gasteiger partial charge is 0.381 e. The van der Waals surface area contributed by atoms with Gasteiger partial charge in [-0.15, -0.1) is 0 Å². The normalized spacial score (nSPS) is 14.8. The second-order valence-corrected chi connectivity index (χ2v) is 12.8. The third-order valence-electron chi connectivity index (χ3n) is 2.89. The molecule has 0 radical (unpaired) electrons. The minimum absolute atomic E-state index is 0.104.